The van der Waals surface area contributed by atoms with Gasteiger partial charge in [0.25, 0.3) is 0 Å². The fraction of sp³-hybridized carbons (Fsp3) is 0.538. The highest BCUT2D eigenvalue weighted by Crippen LogP contribution is 2.17. The third kappa shape index (κ3) is 4.58. The van der Waals surface area contributed by atoms with Crippen molar-refractivity contribution < 1.29 is 18.6 Å². The Morgan fingerprint density at radius 3 is 1.89 bits per heavy atom. The van der Waals surface area contributed by atoms with Gasteiger partial charge in [-0.15, -0.1) is 0 Å². The second-order valence-corrected chi connectivity index (χ2v) is 6.31. The summed E-state index contributed by atoms with van der Waals surface area (Å²) < 4.78 is 26.1. The molecular formula is C13H21NO4S. The van der Waals surface area contributed by atoms with Gasteiger partial charge in [-0.2, -0.15) is 4.31 Å². The minimum Gasteiger partial charge on any atom is -0.396 e. The number of aliphatic hydroxyl groups is 2. The average molecular weight is 287 g/mol. The molecule has 0 amide bonds. The molecule has 0 aliphatic carbocycles. The Balaban J connectivity index is 2.93. The van der Waals surface area contributed by atoms with Crippen LogP contribution in [0.5, 0.6) is 0 Å². The molecule has 5 nitrogen and oxygen atoms in total. The largest absolute Gasteiger partial charge is 0.396 e. The summed E-state index contributed by atoms with van der Waals surface area (Å²) in [5, 5.41) is 17.7. The maximum absolute atomic E-state index is 12.4. The summed E-state index contributed by atoms with van der Waals surface area (Å²) >= 11 is 0. The van der Waals surface area contributed by atoms with Crippen molar-refractivity contribution in [2.75, 3.05) is 26.3 Å². The zero-order valence-corrected chi connectivity index (χ0v) is 11.9. The van der Waals surface area contributed by atoms with Crippen molar-refractivity contribution >= 4 is 10.0 Å². The number of hydrogen-bond donors (Lipinski definition) is 2. The molecule has 0 aliphatic rings. The lowest BCUT2D eigenvalue weighted by Gasteiger charge is -2.21. The van der Waals surface area contributed by atoms with Crippen molar-refractivity contribution in [1.29, 1.82) is 0 Å². The topological polar surface area (TPSA) is 77.8 Å². The van der Waals surface area contributed by atoms with Gasteiger partial charge in [0.2, 0.25) is 10.0 Å². The molecule has 0 radical (unpaired) electrons. The summed E-state index contributed by atoms with van der Waals surface area (Å²) in [6, 6.07) is 6.66. The summed E-state index contributed by atoms with van der Waals surface area (Å²) in [5.74, 6) is 0. The summed E-state index contributed by atoms with van der Waals surface area (Å²) in [4.78, 5) is 0.244. The molecule has 0 spiro atoms. The Hall–Kier alpha value is -0.950. The van der Waals surface area contributed by atoms with E-state index in [-0.39, 0.29) is 31.2 Å². The zero-order valence-electron chi connectivity index (χ0n) is 11.1. The molecule has 0 aliphatic heterocycles. The number of rotatable bonds is 8. The van der Waals surface area contributed by atoms with Gasteiger partial charge >= 0.3 is 0 Å². The SMILES string of the molecule is Cc1ccc(S(=O)(=O)N(CCCO)CCCO)cc1. The molecule has 0 fully saturated rings. The van der Waals surface area contributed by atoms with E-state index in [1.807, 2.05) is 6.92 Å². The predicted octanol–water partition coefficient (Wildman–Crippen LogP) is 0.751. The van der Waals surface area contributed by atoms with E-state index in [2.05, 4.69) is 0 Å². The molecular weight excluding hydrogens is 266 g/mol. The first-order chi connectivity index (χ1) is 9.02. The van der Waals surface area contributed by atoms with Crippen LogP contribution in [0, 0.1) is 6.92 Å². The van der Waals surface area contributed by atoms with Gasteiger partial charge in [-0.25, -0.2) is 8.42 Å². The Morgan fingerprint density at radius 2 is 1.47 bits per heavy atom. The highest BCUT2D eigenvalue weighted by Gasteiger charge is 2.23. The quantitative estimate of drug-likeness (QED) is 0.739. The molecule has 0 saturated carbocycles. The van der Waals surface area contributed by atoms with Crippen LogP contribution in [0.25, 0.3) is 0 Å². The first-order valence-electron chi connectivity index (χ1n) is 6.31. The van der Waals surface area contributed by atoms with Gasteiger partial charge in [-0.1, -0.05) is 17.7 Å². The summed E-state index contributed by atoms with van der Waals surface area (Å²) in [5.41, 5.74) is 0.996. The van der Waals surface area contributed by atoms with E-state index in [4.69, 9.17) is 10.2 Å². The van der Waals surface area contributed by atoms with Gasteiger partial charge in [0.1, 0.15) is 0 Å². The second kappa shape index (κ2) is 7.59. The van der Waals surface area contributed by atoms with Gasteiger partial charge in [-0.3, -0.25) is 0 Å². The van der Waals surface area contributed by atoms with Crippen LogP contribution in [0.1, 0.15) is 18.4 Å². The molecule has 1 aromatic rings. The van der Waals surface area contributed by atoms with Crippen molar-refractivity contribution in [3.05, 3.63) is 29.8 Å². The number of nitrogens with zero attached hydrogens (tertiary/aromatic N) is 1. The lowest BCUT2D eigenvalue weighted by atomic mass is 10.2. The molecule has 0 unspecified atom stereocenters. The molecule has 0 aromatic heterocycles. The van der Waals surface area contributed by atoms with E-state index in [0.29, 0.717) is 12.8 Å². The molecule has 6 heteroatoms. The van der Waals surface area contributed by atoms with E-state index >= 15 is 0 Å². The van der Waals surface area contributed by atoms with Crippen molar-refractivity contribution in [3.63, 3.8) is 0 Å². The maximum atomic E-state index is 12.4. The molecule has 2 N–H and O–H groups in total. The first kappa shape index (κ1) is 16.1. The summed E-state index contributed by atoms with van der Waals surface area (Å²) in [6.07, 6.45) is 0.771. The van der Waals surface area contributed by atoms with Gasteiger partial charge in [0.05, 0.1) is 4.90 Å². The Morgan fingerprint density at radius 1 is 1.00 bits per heavy atom. The molecule has 0 bridgehead atoms. The highest BCUT2D eigenvalue weighted by molar-refractivity contribution is 7.89. The first-order valence-corrected chi connectivity index (χ1v) is 7.75. The smallest absolute Gasteiger partial charge is 0.243 e. The predicted molar refractivity (Wildman–Crippen MR) is 73.3 cm³/mol. The molecule has 0 saturated heterocycles. The lowest BCUT2D eigenvalue weighted by Crippen LogP contribution is -2.33. The van der Waals surface area contributed by atoms with E-state index < -0.39 is 10.0 Å². The maximum Gasteiger partial charge on any atom is 0.243 e. The standard InChI is InChI=1S/C13H21NO4S/c1-12-4-6-13(7-5-12)19(17,18)14(8-2-10-15)9-3-11-16/h4-7,15-16H,2-3,8-11H2,1H3. The van der Waals surface area contributed by atoms with Crippen LogP contribution in [-0.2, 0) is 10.0 Å². The Labute approximate surface area is 114 Å². The van der Waals surface area contributed by atoms with Gasteiger partial charge < -0.3 is 10.2 Å². The van der Waals surface area contributed by atoms with Crippen LogP contribution in [0.2, 0.25) is 0 Å². The van der Waals surface area contributed by atoms with Crippen LogP contribution in [0.15, 0.2) is 29.2 Å². The van der Waals surface area contributed by atoms with Crippen molar-refractivity contribution in [1.82, 2.24) is 4.31 Å². The monoisotopic (exact) mass is 287 g/mol. The summed E-state index contributed by atoms with van der Waals surface area (Å²) in [7, 11) is -3.55. The fourth-order valence-corrected chi connectivity index (χ4v) is 3.22. The third-order valence-electron chi connectivity index (χ3n) is 2.79. The lowest BCUT2D eigenvalue weighted by molar-refractivity contribution is 0.250. The number of sulfonamides is 1. The van der Waals surface area contributed by atoms with Crippen LogP contribution in [-0.4, -0.2) is 49.2 Å². The van der Waals surface area contributed by atoms with E-state index in [1.54, 1.807) is 24.3 Å². The fourth-order valence-electron chi connectivity index (χ4n) is 1.71. The Bertz CT molecular complexity index is 462. The number of hydrogen-bond acceptors (Lipinski definition) is 4. The van der Waals surface area contributed by atoms with Crippen LogP contribution >= 0.6 is 0 Å². The average Bonchev–Trinajstić information content (AvgIpc) is 2.39. The van der Waals surface area contributed by atoms with Gasteiger partial charge in [0, 0.05) is 26.3 Å². The Kier molecular flexibility index (Phi) is 6.44. The molecule has 0 heterocycles. The zero-order chi connectivity index (χ0) is 14.3. The van der Waals surface area contributed by atoms with Crippen LogP contribution in [0.4, 0.5) is 0 Å². The second-order valence-electron chi connectivity index (χ2n) is 4.37. The normalized spacial score (nSPS) is 12.0. The number of aryl methyl sites for hydroxylation is 1. The molecule has 108 valence electrons. The van der Waals surface area contributed by atoms with Gasteiger partial charge in [-0.05, 0) is 31.9 Å². The molecule has 19 heavy (non-hydrogen) atoms. The van der Waals surface area contributed by atoms with Crippen molar-refractivity contribution in [3.8, 4) is 0 Å². The van der Waals surface area contributed by atoms with E-state index in [1.165, 1.54) is 4.31 Å². The highest BCUT2D eigenvalue weighted by atomic mass is 32.2. The molecule has 1 aromatic carbocycles. The number of benzene rings is 1. The van der Waals surface area contributed by atoms with Gasteiger partial charge in [0.15, 0.2) is 0 Å². The minimum absolute atomic E-state index is 0.0565. The van der Waals surface area contributed by atoms with Crippen molar-refractivity contribution in [2.24, 2.45) is 0 Å². The number of aliphatic hydroxyl groups excluding tert-OH is 2. The van der Waals surface area contributed by atoms with Crippen LogP contribution in [0.3, 0.4) is 0 Å². The third-order valence-corrected chi connectivity index (χ3v) is 4.70. The summed E-state index contributed by atoms with van der Waals surface area (Å²) in [6.45, 7) is 2.29. The van der Waals surface area contributed by atoms with Crippen molar-refractivity contribution in [2.45, 2.75) is 24.7 Å². The van der Waals surface area contributed by atoms with E-state index in [0.717, 1.165) is 5.56 Å². The molecule has 1 rings (SSSR count). The van der Waals surface area contributed by atoms with Crippen LogP contribution < -0.4 is 0 Å². The van der Waals surface area contributed by atoms with E-state index in [9.17, 15) is 8.42 Å². The minimum atomic E-state index is -3.55. The molecule has 0 atom stereocenters.